The lowest BCUT2D eigenvalue weighted by Crippen LogP contribution is -2.52. The molecule has 0 aromatic carbocycles. The van der Waals surface area contributed by atoms with Crippen LogP contribution in [0.15, 0.2) is 0 Å². The summed E-state index contributed by atoms with van der Waals surface area (Å²) in [6.45, 7) is 17.4. The molecule has 0 fully saturated rings. The van der Waals surface area contributed by atoms with Crippen molar-refractivity contribution in [1.82, 2.24) is 20.0 Å². The second-order valence-electron chi connectivity index (χ2n) is 9.18. The molecule has 26 heavy (non-hydrogen) atoms. The second kappa shape index (κ2) is 13.1. The van der Waals surface area contributed by atoms with Crippen molar-refractivity contribution in [3.05, 3.63) is 0 Å². The first-order valence-corrected chi connectivity index (χ1v) is 10.9. The third-order valence-electron chi connectivity index (χ3n) is 6.17. The van der Waals surface area contributed by atoms with E-state index >= 15 is 0 Å². The van der Waals surface area contributed by atoms with E-state index < -0.39 is 0 Å². The molecule has 158 valence electrons. The topological polar surface area (TPSA) is 21.8 Å². The summed E-state index contributed by atoms with van der Waals surface area (Å²) >= 11 is 0. The first kappa shape index (κ1) is 25.8. The molecule has 0 aliphatic rings. The van der Waals surface area contributed by atoms with Crippen LogP contribution in [0.25, 0.3) is 0 Å². The molecule has 4 atom stereocenters. The highest BCUT2D eigenvalue weighted by Crippen LogP contribution is 2.22. The Morgan fingerprint density at radius 3 is 1.96 bits per heavy atom. The number of likely N-dealkylation sites (N-methyl/N-ethyl adjacent to an activating group) is 2. The Hall–Kier alpha value is -0.160. The normalized spacial score (nSPS) is 18.3. The van der Waals surface area contributed by atoms with E-state index in [-0.39, 0.29) is 5.54 Å². The van der Waals surface area contributed by atoms with Gasteiger partial charge in [0.05, 0.1) is 0 Å². The highest BCUT2D eigenvalue weighted by atomic mass is 15.2. The molecule has 0 aromatic heterocycles. The van der Waals surface area contributed by atoms with Gasteiger partial charge >= 0.3 is 0 Å². The summed E-state index contributed by atoms with van der Waals surface area (Å²) in [5.41, 5.74) is 0.219. The van der Waals surface area contributed by atoms with Crippen molar-refractivity contribution in [2.75, 3.05) is 47.8 Å². The van der Waals surface area contributed by atoms with E-state index in [4.69, 9.17) is 0 Å². The van der Waals surface area contributed by atoms with Crippen LogP contribution < -0.4 is 5.32 Å². The number of nitrogens with one attached hydrogen (secondary N) is 1. The lowest BCUT2D eigenvalue weighted by Gasteiger charge is -2.39. The molecule has 0 aliphatic carbocycles. The molecule has 1 N–H and O–H groups in total. The smallest absolute Gasteiger partial charge is 0.0190 e. The highest BCUT2D eigenvalue weighted by Gasteiger charge is 2.27. The molecule has 4 unspecified atom stereocenters. The first-order valence-electron chi connectivity index (χ1n) is 10.9. The zero-order valence-corrected chi connectivity index (χ0v) is 19.7. The summed E-state index contributed by atoms with van der Waals surface area (Å²) in [5, 5.41) is 3.94. The third kappa shape index (κ3) is 10.2. The van der Waals surface area contributed by atoms with Gasteiger partial charge in [-0.15, -0.1) is 0 Å². The average molecular weight is 371 g/mol. The van der Waals surface area contributed by atoms with Crippen LogP contribution in [0.5, 0.6) is 0 Å². The van der Waals surface area contributed by atoms with Gasteiger partial charge in [-0.3, -0.25) is 0 Å². The molecule has 0 aromatic rings. The molecule has 0 saturated heterocycles. The molecular weight excluding hydrogens is 320 g/mol. The van der Waals surface area contributed by atoms with Gasteiger partial charge in [-0.2, -0.15) is 0 Å². The van der Waals surface area contributed by atoms with E-state index in [9.17, 15) is 0 Å². The van der Waals surface area contributed by atoms with Crippen LogP contribution in [0.1, 0.15) is 73.6 Å². The van der Waals surface area contributed by atoms with Crippen LogP contribution in [0.2, 0.25) is 0 Å². The van der Waals surface area contributed by atoms with Gasteiger partial charge in [0.1, 0.15) is 0 Å². The van der Waals surface area contributed by atoms with Crippen molar-refractivity contribution < 1.29 is 0 Å². The fourth-order valence-corrected chi connectivity index (χ4v) is 3.56. The van der Waals surface area contributed by atoms with Gasteiger partial charge in [0.15, 0.2) is 0 Å². The highest BCUT2D eigenvalue weighted by molar-refractivity contribution is 4.88. The van der Waals surface area contributed by atoms with Crippen molar-refractivity contribution in [2.24, 2.45) is 0 Å². The number of rotatable bonds is 15. The number of unbranched alkanes of at least 4 members (excludes halogenated alkanes) is 1. The summed E-state index contributed by atoms with van der Waals surface area (Å²) in [6, 6.07) is 1.74. The van der Waals surface area contributed by atoms with Gasteiger partial charge in [0.2, 0.25) is 0 Å². The number of nitrogens with zero attached hydrogens (tertiary/aromatic N) is 3. The van der Waals surface area contributed by atoms with Gasteiger partial charge in [-0.1, -0.05) is 26.7 Å². The van der Waals surface area contributed by atoms with E-state index in [1.165, 1.54) is 38.6 Å². The summed E-state index contributed by atoms with van der Waals surface area (Å²) in [6.07, 6.45) is 6.26. The Balaban J connectivity index is 4.63. The summed E-state index contributed by atoms with van der Waals surface area (Å²) in [5.74, 6) is 0. The summed E-state index contributed by atoms with van der Waals surface area (Å²) in [7, 11) is 8.86. The molecule has 0 spiro atoms. The Morgan fingerprint density at radius 2 is 1.46 bits per heavy atom. The Kier molecular flexibility index (Phi) is 13.0. The van der Waals surface area contributed by atoms with Crippen LogP contribution in [0.4, 0.5) is 0 Å². The third-order valence-corrected chi connectivity index (χ3v) is 6.17. The van der Waals surface area contributed by atoms with Crippen LogP contribution in [0.3, 0.4) is 0 Å². The Labute approximate surface area is 165 Å². The van der Waals surface area contributed by atoms with Gasteiger partial charge in [-0.05, 0) is 81.7 Å². The van der Waals surface area contributed by atoms with E-state index in [1.807, 2.05) is 0 Å². The lowest BCUT2D eigenvalue weighted by atomic mass is 9.88. The SMILES string of the molecule is CCCCN(C)C(C)CC(C)(CCC)NCC(C)N(C)CC(C)N(C)C. The Bertz CT molecular complexity index is 347. The van der Waals surface area contributed by atoms with Crippen molar-refractivity contribution in [3.63, 3.8) is 0 Å². The molecule has 4 heteroatoms. The first-order chi connectivity index (χ1) is 12.1. The van der Waals surface area contributed by atoms with Gasteiger partial charge in [0.25, 0.3) is 0 Å². The van der Waals surface area contributed by atoms with Gasteiger partial charge in [-0.25, -0.2) is 0 Å². The number of hydrogen-bond acceptors (Lipinski definition) is 4. The van der Waals surface area contributed by atoms with Crippen molar-refractivity contribution >= 4 is 0 Å². The maximum atomic E-state index is 3.94. The predicted octanol–water partition coefficient (Wildman–Crippen LogP) is 3.92. The molecule has 0 heterocycles. The Morgan fingerprint density at radius 1 is 0.846 bits per heavy atom. The molecule has 0 saturated carbocycles. The summed E-state index contributed by atoms with van der Waals surface area (Å²) < 4.78 is 0. The standard InChI is InChI=1S/C22H50N4/c1-11-13-15-25(9)19(3)16-22(6,14-12-2)23-17-20(4)26(10)18-21(5)24(7)8/h19-21,23H,11-18H2,1-10H3. The fraction of sp³-hybridized carbons (Fsp3) is 1.00. The molecule has 0 bridgehead atoms. The van der Waals surface area contributed by atoms with Gasteiger partial charge in [0, 0.05) is 36.8 Å². The van der Waals surface area contributed by atoms with Crippen molar-refractivity contribution in [3.8, 4) is 0 Å². The maximum absolute atomic E-state index is 3.94. The van der Waals surface area contributed by atoms with E-state index in [1.54, 1.807) is 0 Å². The molecular formula is C22H50N4. The van der Waals surface area contributed by atoms with Crippen molar-refractivity contribution in [1.29, 1.82) is 0 Å². The fourth-order valence-electron chi connectivity index (χ4n) is 3.56. The largest absolute Gasteiger partial charge is 0.310 e. The maximum Gasteiger partial charge on any atom is 0.0190 e. The molecule has 0 amide bonds. The second-order valence-corrected chi connectivity index (χ2v) is 9.18. The zero-order valence-electron chi connectivity index (χ0n) is 19.7. The minimum atomic E-state index is 0.219. The lowest BCUT2D eigenvalue weighted by molar-refractivity contribution is 0.153. The van der Waals surface area contributed by atoms with E-state index in [0.717, 1.165) is 13.1 Å². The van der Waals surface area contributed by atoms with Crippen LogP contribution in [-0.2, 0) is 0 Å². The number of hydrogen-bond donors (Lipinski definition) is 1. The van der Waals surface area contributed by atoms with Crippen LogP contribution in [0, 0.1) is 0 Å². The molecule has 0 radical (unpaired) electrons. The average Bonchev–Trinajstić information content (AvgIpc) is 2.57. The van der Waals surface area contributed by atoms with Crippen molar-refractivity contribution in [2.45, 2.75) is 97.3 Å². The van der Waals surface area contributed by atoms with Crippen LogP contribution in [-0.4, -0.2) is 86.2 Å². The zero-order chi connectivity index (χ0) is 20.3. The quantitative estimate of drug-likeness (QED) is 0.472. The molecule has 0 rings (SSSR count). The minimum absolute atomic E-state index is 0.219. The van der Waals surface area contributed by atoms with Crippen LogP contribution >= 0.6 is 0 Å². The van der Waals surface area contributed by atoms with E-state index in [0.29, 0.717) is 18.1 Å². The molecule has 0 aliphatic heterocycles. The van der Waals surface area contributed by atoms with E-state index in [2.05, 4.69) is 89.7 Å². The minimum Gasteiger partial charge on any atom is -0.310 e. The monoisotopic (exact) mass is 370 g/mol. The predicted molar refractivity (Wildman–Crippen MR) is 118 cm³/mol. The molecule has 4 nitrogen and oxygen atoms in total. The summed E-state index contributed by atoms with van der Waals surface area (Å²) in [4.78, 5) is 7.32. The van der Waals surface area contributed by atoms with Gasteiger partial charge < -0.3 is 20.0 Å².